The molecule has 1 heterocycles. The van der Waals surface area contributed by atoms with E-state index in [0.717, 1.165) is 35.7 Å². The summed E-state index contributed by atoms with van der Waals surface area (Å²) < 4.78 is 12.2. The number of ether oxygens (including phenoxy) is 2. The predicted octanol–water partition coefficient (Wildman–Crippen LogP) is 3.65. The van der Waals surface area contributed by atoms with Crippen molar-refractivity contribution in [3.63, 3.8) is 0 Å². The van der Waals surface area contributed by atoms with E-state index in [2.05, 4.69) is 15.9 Å². The Kier molecular flexibility index (Phi) is 7.81. The highest BCUT2D eigenvalue weighted by Gasteiger charge is 2.30. The Balaban J connectivity index is 1.59. The molecule has 0 bridgehead atoms. The van der Waals surface area contributed by atoms with Crippen molar-refractivity contribution in [1.82, 2.24) is 9.80 Å². The van der Waals surface area contributed by atoms with Gasteiger partial charge >= 0.3 is 0 Å². The monoisotopic (exact) mass is 466 g/mol. The average Bonchev–Trinajstić information content (AvgIpc) is 3.26. The maximum absolute atomic E-state index is 12.9. The molecule has 0 aromatic heterocycles. The fraction of sp³-hybridized carbons (Fsp3) is 0.636. The molecule has 0 spiro atoms. The number of halogens is 1. The van der Waals surface area contributed by atoms with Gasteiger partial charge in [-0.1, -0.05) is 28.8 Å². The Morgan fingerprint density at radius 3 is 2.10 bits per heavy atom. The van der Waals surface area contributed by atoms with Crippen LogP contribution in [0, 0.1) is 5.92 Å². The van der Waals surface area contributed by atoms with Crippen molar-refractivity contribution in [3.8, 4) is 11.5 Å². The number of benzene rings is 1. The van der Waals surface area contributed by atoms with Crippen molar-refractivity contribution in [2.24, 2.45) is 5.92 Å². The van der Waals surface area contributed by atoms with Crippen LogP contribution in [0.1, 0.15) is 45.1 Å². The number of hydrogen-bond acceptors (Lipinski definition) is 4. The van der Waals surface area contributed by atoms with Crippen LogP contribution in [0.5, 0.6) is 11.5 Å². The zero-order valence-electron chi connectivity index (χ0n) is 17.4. The fourth-order valence-electron chi connectivity index (χ4n) is 4.13. The lowest BCUT2D eigenvalue weighted by molar-refractivity contribution is -0.141. The van der Waals surface area contributed by atoms with Gasteiger partial charge in [-0.2, -0.15) is 0 Å². The summed E-state index contributed by atoms with van der Waals surface area (Å²) in [6, 6.07) is 3.76. The summed E-state index contributed by atoms with van der Waals surface area (Å²) in [5.41, 5.74) is 0.881. The van der Waals surface area contributed by atoms with E-state index in [-0.39, 0.29) is 17.7 Å². The summed E-state index contributed by atoms with van der Waals surface area (Å²) >= 11 is 3.56. The molecule has 0 atom stereocenters. The van der Waals surface area contributed by atoms with Crippen LogP contribution >= 0.6 is 15.9 Å². The summed E-state index contributed by atoms with van der Waals surface area (Å²) in [6.07, 6.45) is 4.66. The first-order valence-corrected chi connectivity index (χ1v) is 11.5. The fourth-order valence-corrected chi connectivity index (χ4v) is 4.59. The Labute approximate surface area is 181 Å². The maximum atomic E-state index is 12.9. The molecule has 2 aliphatic rings. The summed E-state index contributed by atoms with van der Waals surface area (Å²) in [6.45, 7) is 7.41. The first kappa shape index (κ1) is 21.9. The lowest BCUT2D eigenvalue weighted by atomic mass is 10.1. The molecule has 1 aliphatic heterocycles. The van der Waals surface area contributed by atoms with Crippen molar-refractivity contribution < 1.29 is 19.1 Å². The van der Waals surface area contributed by atoms with Gasteiger partial charge in [0.05, 0.1) is 19.6 Å². The SMILES string of the molecule is CCOc1cc(Br)c(CC(=O)N2CCN(C(=O)C3CCCC3)CC2)cc1OCC. The van der Waals surface area contributed by atoms with Gasteiger partial charge in [-0.25, -0.2) is 0 Å². The minimum absolute atomic E-state index is 0.0743. The molecule has 2 amide bonds. The van der Waals surface area contributed by atoms with E-state index in [1.54, 1.807) is 0 Å². The van der Waals surface area contributed by atoms with E-state index in [1.807, 2.05) is 35.8 Å². The van der Waals surface area contributed by atoms with Crippen LogP contribution in [0.15, 0.2) is 16.6 Å². The molecule has 1 saturated carbocycles. The van der Waals surface area contributed by atoms with Crippen LogP contribution in [0.25, 0.3) is 0 Å². The van der Waals surface area contributed by atoms with Gasteiger partial charge < -0.3 is 19.3 Å². The highest BCUT2D eigenvalue weighted by molar-refractivity contribution is 9.10. The number of amides is 2. The Morgan fingerprint density at radius 1 is 0.966 bits per heavy atom. The normalized spacial score (nSPS) is 17.5. The Morgan fingerprint density at radius 2 is 1.52 bits per heavy atom. The number of piperazine rings is 1. The number of carbonyl (C=O) groups is 2. The quantitative estimate of drug-likeness (QED) is 0.615. The van der Waals surface area contributed by atoms with E-state index in [4.69, 9.17) is 9.47 Å². The molecule has 7 heteroatoms. The van der Waals surface area contributed by atoms with Crippen LogP contribution in [0.4, 0.5) is 0 Å². The maximum Gasteiger partial charge on any atom is 0.227 e. The highest BCUT2D eigenvalue weighted by Crippen LogP contribution is 2.34. The third-order valence-electron chi connectivity index (χ3n) is 5.70. The van der Waals surface area contributed by atoms with E-state index in [0.29, 0.717) is 57.3 Å². The van der Waals surface area contributed by atoms with Crippen LogP contribution in [0.3, 0.4) is 0 Å². The van der Waals surface area contributed by atoms with Gasteiger partial charge in [0.2, 0.25) is 11.8 Å². The standard InChI is InChI=1S/C22H31BrN2O4/c1-3-28-19-13-17(18(23)15-20(19)29-4-2)14-21(26)24-9-11-25(12-10-24)22(27)16-7-5-6-8-16/h13,15-16H,3-12,14H2,1-2H3. The van der Waals surface area contributed by atoms with Gasteiger partial charge in [-0.15, -0.1) is 0 Å². The number of rotatable bonds is 7. The summed E-state index contributed by atoms with van der Waals surface area (Å²) in [5.74, 6) is 1.90. The first-order chi connectivity index (χ1) is 14.0. The topological polar surface area (TPSA) is 59.1 Å². The second-order valence-electron chi connectivity index (χ2n) is 7.62. The molecule has 160 valence electrons. The van der Waals surface area contributed by atoms with Crippen molar-refractivity contribution in [1.29, 1.82) is 0 Å². The number of carbonyl (C=O) groups excluding carboxylic acids is 2. The van der Waals surface area contributed by atoms with Crippen LogP contribution in [-0.2, 0) is 16.0 Å². The molecule has 6 nitrogen and oxygen atoms in total. The highest BCUT2D eigenvalue weighted by atomic mass is 79.9. The van der Waals surface area contributed by atoms with E-state index in [9.17, 15) is 9.59 Å². The van der Waals surface area contributed by atoms with Gasteiger partial charge in [-0.3, -0.25) is 9.59 Å². The molecular weight excluding hydrogens is 436 g/mol. The largest absolute Gasteiger partial charge is 0.490 e. The molecule has 1 aromatic carbocycles. The van der Waals surface area contributed by atoms with Crippen molar-refractivity contribution in [3.05, 3.63) is 22.2 Å². The number of nitrogens with zero attached hydrogens (tertiary/aromatic N) is 2. The predicted molar refractivity (Wildman–Crippen MR) is 115 cm³/mol. The summed E-state index contributed by atoms with van der Waals surface area (Å²) in [4.78, 5) is 29.3. The van der Waals surface area contributed by atoms with E-state index in [1.165, 1.54) is 0 Å². The van der Waals surface area contributed by atoms with Crippen molar-refractivity contribution in [2.45, 2.75) is 46.0 Å². The minimum Gasteiger partial charge on any atom is -0.490 e. The Hall–Kier alpha value is -1.76. The van der Waals surface area contributed by atoms with Crippen molar-refractivity contribution in [2.75, 3.05) is 39.4 Å². The van der Waals surface area contributed by atoms with Gasteiger partial charge in [0.15, 0.2) is 11.5 Å². The molecule has 29 heavy (non-hydrogen) atoms. The van der Waals surface area contributed by atoms with E-state index >= 15 is 0 Å². The molecule has 1 aliphatic carbocycles. The molecule has 1 aromatic rings. The molecule has 0 N–H and O–H groups in total. The number of hydrogen-bond donors (Lipinski definition) is 0. The van der Waals surface area contributed by atoms with Crippen LogP contribution in [0.2, 0.25) is 0 Å². The third kappa shape index (κ3) is 5.44. The summed E-state index contributed by atoms with van der Waals surface area (Å²) in [7, 11) is 0. The van der Waals surface area contributed by atoms with Gasteiger partial charge in [0, 0.05) is 36.6 Å². The van der Waals surface area contributed by atoms with E-state index < -0.39 is 0 Å². The van der Waals surface area contributed by atoms with Crippen LogP contribution in [-0.4, -0.2) is 61.0 Å². The van der Waals surface area contributed by atoms with Gasteiger partial charge in [0.1, 0.15) is 0 Å². The zero-order chi connectivity index (χ0) is 20.8. The second kappa shape index (κ2) is 10.3. The molecule has 0 unspecified atom stereocenters. The molecule has 1 saturated heterocycles. The van der Waals surface area contributed by atoms with Gasteiger partial charge in [0.25, 0.3) is 0 Å². The van der Waals surface area contributed by atoms with Gasteiger partial charge in [-0.05, 0) is 44.4 Å². The summed E-state index contributed by atoms with van der Waals surface area (Å²) in [5, 5.41) is 0. The lowest BCUT2D eigenvalue weighted by Crippen LogP contribution is -2.52. The molecular formula is C22H31BrN2O4. The molecule has 0 radical (unpaired) electrons. The lowest BCUT2D eigenvalue weighted by Gasteiger charge is -2.36. The zero-order valence-corrected chi connectivity index (χ0v) is 19.0. The molecule has 2 fully saturated rings. The first-order valence-electron chi connectivity index (χ1n) is 10.7. The smallest absolute Gasteiger partial charge is 0.227 e. The molecule has 3 rings (SSSR count). The third-order valence-corrected chi connectivity index (χ3v) is 6.44. The second-order valence-corrected chi connectivity index (χ2v) is 8.47. The Bertz CT molecular complexity index is 726. The minimum atomic E-state index is 0.0743. The van der Waals surface area contributed by atoms with Crippen LogP contribution < -0.4 is 9.47 Å². The van der Waals surface area contributed by atoms with Crippen molar-refractivity contribution >= 4 is 27.7 Å². The average molecular weight is 467 g/mol.